The molecule has 0 aliphatic carbocycles. The van der Waals surface area contributed by atoms with Gasteiger partial charge in [-0.25, -0.2) is 0 Å². The number of nitrogens with one attached hydrogen (secondary N) is 1. The number of aryl methyl sites for hydroxylation is 1. The summed E-state index contributed by atoms with van der Waals surface area (Å²) in [6, 6.07) is 19.7. The Bertz CT molecular complexity index is 787. The standard InChI is InChI=1S/C18H16N2O.BrH/c1-14-11-12-20(17-10-6-5-9-16(14)17)13-18(21)19-15-7-3-2-4-8-15;/h2-12H,13H2,1H3;1H. The van der Waals surface area contributed by atoms with Gasteiger partial charge in [0.1, 0.15) is 0 Å². The van der Waals surface area contributed by atoms with E-state index < -0.39 is 0 Å². The van der Waals surface area contributed by atoms with Gasteiger partial charge in [0, 0.05) is 23.2 Å². The third kappa shape index (κ3) is 3.52. The Morgan fingerprint density at radius 1 is 1.00 bits per heavy atom. The number of halogens is 1. The lowest BCUT2D eigenvalue weighted by Crippen LogP contribution is -3.00. The molecule has 0 saturated carbocycles. The minimum Gasteiger partial charge on any atom is -1.00 e. The minimum absolute atomic E-state index is 0. The van der Waals surface area contributed by atoms with E-state index in [-0.39, 0.29) is 22.9 Å². The van der Waals surface area contributed by atoms with E-state index in [9.17, 15) is 4.79 Å². The molecule has 4 heteroatoms. The average molecular weight is 357 g/mol. The SMILES string of the molecule is Cc1cc[n+](CC(=O)Nc2ccccc2)c2ccccc12.[Br-]. The van der Waals surface area contributed by atoms with Crippen LogP contribution in [0.2, 0.25) is 0 Å². The first kappa shape index (κ1) is 16.2. The summed E-state index contributed by atoms with van der Waals surface area (Å²) in [7, 11) is 0. The van der Waals surface area contributed by atoms with Gasteiger partial charge in [-0.05, 0) is 30.7 Å². The molecule has 3 nitrogen and oxygen atoms in total. The summed E-state index contributed by atoms with van der Waals surface area (Å²) >= 11 is 0. The summed E-state index contributed by atoms with van der Waals surface area (Å²) in [5.41, 5.74) is 3.10. The smallest absolute Gasteiger partial charge is 0.290 e. The molecule has 112 valence electrons. The summed E-state index contributed by atoms with van der Waals surface area (Å²) in [4.78, 5) is 12.2. The molecule has 0 radical (unpaired) electrons. The molecule has 0 unspecified atom stereocenters. The van der Waals surface area contributed by atoms with Crippen LogP contribution in [0, 0.1) is 6.92 Å². The van der Waals surface area contributed by atoms with Gasteiger partial charge in [0.15, 0.2) is 6.20 Å². The summed E-state index contributed by atoms with van der Waals surface area (Å²) in [5, 5.41) is 4.08. The van der Waals surface area contributed by atoms with Crippen LogP contribution in [0.4, 0.5) is 5.69 Å². The molecule has 1 amide bonds. The summed E-state index contributed by atoms with van der Waals surface area (Å²) in [5.74, 6) is -0.0276. The first-order valence-corrected chi connectivity index (χ1v) is 6.97. The highest BCUT2D eigenvalue weighted by Gasteiger charge is 2.14. The summed E-state index contributed by atoms with van der Waals surface area (Å²) in [6.07, 6.45) is 1.96. The number of nitrogens with zero attached hydrogens (tertiary/aromatic N) is 1. The molecule has 0 bridgehead atoms. The summed E-state index contributed by atoms with van der Waals surface area (Å²) in [6.45, 7) is 2.38. The molecule has 1 N–H and O–H groups in total. The lowest BCUT2D eigenvalue weighted by atomic mass is 10.1. The van der Waals surface area contributed by atoms with Crippen molar-refractivity contribution in [3.8, 4) is 0 Å². The highest BCUT2D eigenvalue weighted by atomic mass is 79.9. The molecule has 22 heavy (non-hydrogen) atoms. The van der Waals surface area contributed by atoms with Crippen LogP contribution in [-0.4, -0.2) is 5.91 Å². The van der Waals surface area contributed by atoms with Gasteiger partial charge >= 0.3 is 0 Å². The van der Waals surface area contributed by atoms with Gasteiger partial charge in [-0.3, -0.25) is 4.79 Å². The Morgan fingerprint density at radius 3 is 2.45 bits per heavy atom. The van der Waals surface area contributed by atoms with Crippen LogP contribution in [0.1, 0.15) is 5.56 Å². The molecule has 0 spiro atoms. The predicted octanol–water partition coefficient (Wildman–Crippen LogP) is 0.0784. The van der Waals surface area contributed by atoms with E-state index in [4.69, 9.17) is 0 Å². The lowest BCUT2D eigenvalue weighted by molar-refractivity contribution is -0.658. The Labute approximate surface area is 140 Å². The van der Waals surface area contributed by atoms with Gasteiger partial charge in [-0.2, -0.15) is 4.57 Å². The highest BCUT2D eigenvalue weighted by molar-refractivity contribution is 5.90. The van der Waals surface area contributed by atoms with Crippen molar-refractivity contribution in [3.05, 3.63) is 72.4 Å². The van der Waals surface area contributed by atoms with Crippen LogP contribution in [0.25, 0.3) is 10.9 Å². The molecule has 0 saturated heterocycles. The Kier molecular flexibility index (Phi) is 5.28. The maximum atomic E-state index is 12.2. The molecule has 3 aromatic rings. The van der Waals surface area contributed by atoms with Gasteiger partial charge in [-0.15, -0.1) is 0 Å². The Morgan fingerprint density at radius 2 is 1.68 bits per heavy atom. The first-order valence-electron chi connectivity index (χ1n) is 6.97. The number of aromatic nitrogens is 1. The fourth-order valence-corrected chi connectivity index (χ4v) is 2.44. The van der Waals surface area contributed by atoms with E-state index in [1.807, 2.05) is 65.4 Å². The zero-order valence-corrected chi connectivity index (χ0v) is 13.9. The largest absolute Gasteiger partial charge is 1.00 e. The third-order valence-electron chi connectivity index (χ3n) is 3.51. The first-order chi connectivity index (χ1) is 10.2. The second-order valence-electron chi connectivity index (χ2n) is 5.06. The molecule has 3 rings (SSSR count). The summed E-state index contributed by atoms with van der Waals surface area (Å²) < 4.78 is 1.97. The van der Waals surface area contributed by atoms with Crippen molar-refractivity contribution < 1.29 is 26.3 Å². The third-order valence-corrected chi connectivity index (χ3v) is 3.51. The molecule has 0 aliphatic heterocycles. The van der Waals surface area contributed by atoms with Crippen LogP contribution in [0.5, 0.6) is 0 Å². The van der Waals surface area contributed by atoms with Gasteiger partial charge in [0.05, 0.1) is 0 Å². The van der Waals surface area contributed by atoms with Crippen LogP contribution >= 0.6 is 0 Å². The second kappa shape index (κ2) is 7.18. The van der Waals surface area contributed by atoms with Gasteiger partial charge < -0.3 is 22.3 Å². The Balaban J connectivity index is 0.00000176. The van der Waals surface area contributed by atoms with Crippen LogP contribution < -0.4 is 26.9 Å². The van der Waals surface area contributed by atoms with Crippen molar-refractivity contribution >= 4 is 22.5 Å². The topological polar surface area (TPSA) is 33.0 Å². The zero-order chi connectivity index (χ0) is 14.7. The highest BCUT2D eigenvalue weighted by Crippen LogP contribution is 2.13. The number of hydrogen-bond donors (Lipinski definition) is 1. The molecule has 2 aromatic carbocycles. The number of para-hydroxylation sites is 2. The fourth-order valence-electron chi connectivity index (χ4n) is 2.44. The van der Waals surface area contributed by atoms with E-state index in [1.165, 1.54) is 10.9 Å². The fraction of sp³-hybridized carbons (Fsp3) is 0.111. The van der Waals surface area contributed by atoms with Crippen molar-refractivity contribution in [3.63, 3.8) is 0 Å². The van der Waals surface area contributed by atoms with Crippen LogP contribution in [-0.2, 0) is 11.3 Å². The maximum absolute atomic E-state index is 12.2. The van der Waals surface area contributed by atoms with Gasteiger partial charge in [0.2, 0.25) is 12.1 Å². The predicted molar refractivity (Wildman–Crippen MR) is 84.0 cm³/mol. The number of carbonyl (C=O) groups is 1. The molecular weight excluding hydrogens is 340 g/mol. The molecular formula is C18H17BrN2O. The van der Waals surface area contributed by atoms with E-state index in [0.717, 1.165) is 11.2 Å². The maximum Gasteiger partial charge on any atom is 0.290 e. The van der Waals surface area contributed by atoms with Crippen molar-refractivity contribution in [1.82, 2.24) is 0 Å². The number of pyridine rings is 1. The van der Waals surface area contributed by atoms with Crippen molar-refractivity contribution in [2.75, 3.05) is 5.32 Å². The number of benzene rings is 2. The lowest BCUT2D eigenvalue weighted by Gasteiger charge is -2.05. The molecule has 1 heterocycles. The van der Waals surface area contributed by atoms with Crippen molar-refractivity contribution in [2.24, 2.45) is 0 Å². The second-order valence-corrected chi connectivity index (χ2v) is 5.06. The molecule has 0 atom stereocenters. The van der Waals surface area contributed by atoms with Crippen LogP contribution in [0.15, 0.2) is 66.9 Å². The monoisotopic (exact) mass is 356 g/mol. The van der Waals surface area contributed by atoms with E-state index >= 15 is 0 Å². The normalized spacial score (nSPS) is 10.0. The van der Waals surface area contributed by atoms with E-state index in [0.29, 0.717) is 6.54 Å². The average Bonchev–Trinajstić information content (AvgIpc) is 2.51. The van der Waals surface area contributed by atoms with Crippen LogP contribution in [0.3, 0.4) is 0 Å². The van der Waals surface area contributed by atoms with Crippen molar-refractivity contribution in [1.29, 1.82) is 0 Å². The quantitative estimate of drug-likeness (QED) is 0.662. The van der Waals surface area contributed by atoms with E-state index in [1.54, 1.807) is 0 Å². The molecule has 1 aromatic heterocycles. The Hall–Kier alpha value is -2.20. The number of hydrogen-bond acceptors (Lipinski definition) is 1. The van der Waals surface area contributed by atoms with E-state index in [2.05, 4.69) is 18.3 Å². The number of carbonyl (C=O) groups excluding carboxylic acids is 1. The number of fused-ring (bicyclic) bond motifs is 1. The molecule has 0 fully saturated rings. The number of amides is 1. The van der Waals surface area contributed by atoms with Crippen molar-refractivity contribution in [2.45, 2.75) is 13.5 Å². The van der Waals surface area contributed by atoms with Gasteiger partial charge in [-0.1, -0.05) is 30.3 Å². The minimum atomic E-state index is -0.0276. The molecule has 0 aliphatic rings. The number of anilines is 1. The zero-order valence-electron chi connectivity index (χ0n) is 12.3. The van der Waals surface area contributed by atoms with Gasteiger partial charge in [0.25, 0.3) is 5.91 Å². The number of rotatable bonds is 3.